The highest BCUT2D eigenvalue weighted by atomic mass is 35.5. The van der Waals surface area contributed by atoms with Crippen LogP contribution in [0.5, 0.6) is 0 Å². The number of anilines is 1. The van der Waals surface area contributed by atoms with Gasteiger partial charge in [0.2, 0.25) is 11.8 Å². The summed E-state index contributed by atoms with van der Waals surface area (Å²) in [6.07, 6.45) is 3.42. The molecular weight excluding hydrogens is 407 g/mol. The van der Waals surface area contributed by atoms with Crippen molar-refractivity contribution in [3.8, 4) is 0 Å². The first kappa shape index (κ1) is 20.2. The van der Waals surface area contributed by atoms with Crippen LogP contribution >= 0.6 is 23.2 Å². The van der Waals surface area contributed by atoms with Gasteiger partial charge in [0, 0.05) is 47.7 Å². The van der Waals surface area contributed by atoms with E-state index in [1.54, 1.807) is 17.0 Å². The van der Waals surface area contributed by atoms with Crippen LogP contribution in [0.15, 0.2) is 48.5 Å². The Labute approximate surface area is 181 Å². The van der Waals surface area contributed by atoms with Crippen molar-refractivity contribution in [3.05, 3.63) is 64.1 Å². The van der Waals surface area contributed by atoms with E-state index in [1.807, 2.05) is 29.2 Å². The van der Waals surface area contributed by atoms with Gasteiger partial charge >= 0.3 is 0 Å². The standard InChI is InChI=1S/C23H24Cl2N2O2/c24-19-6-4-16(5-7-19)17-3-1-2-12-26(14-17)23(29)18-13-22(28)27(15-18)21-10-8-20(25)9-11-21/h4-11,17-18H,1-3,12-15H2. The number of hydrogen-bond acceptors (Lipinski definition) is 2. The lowest BCUT2D eigenvalue weighted by molar-refractivity contribution is -0.135. The molecule has 2 unspecified atom stereocenters. The molecule has 0 spiro atoms. The van der Waals surface area contributed by atoms with Gasteiger partial charge in [0.25, 0.3) is 0 Å². The third-order valence-corrected chi connectivity index (χ3v) is 6.44. The van der Waals surface area contributed by atoms with E-state index in [4.69, 9.17) is 23.2 Å². The quantitative estimate of drug-likeness (QED) is 0.675. The van der Waals surface area contributed by atoms with Crippen molar-refractivity contribution < 1.29 is 9.59 Å². The molecular formula is C23H24Cl2N2O2. The fourth-order valence-corrected chi connectivity index (χ4v) is 4.60. The summed E-state index contributed by atoms with van der Waals surface area (Å²) in [7, 11) is 0. The molecule has 2 amide bonds. The molecule has 2 aromatic carbocycles. The van der Waals surface area contributed by atoms with E-state index in [2.05, 4.69) is 12.1 Å². The number of carbonyl (C=O) groups excluding carboxylic acids is 2. The van der Waals surface area contributed by atoms with Gasteiger partial charge in [-0.1, -0.05) is 41.8 Å². The fraction of sp³-hybridized carbons (Fsp3) is 0.391. The number of hydrogen-bond donors (Lipinski definition) is 0. The molecule has 2 aromatic rings. The summed E-state index contributed by atoms with van der Waals surface area (Å²) >= 11 is 12.0. The van der Waals surface area contributed by atoms with Crippen molar-refractivity contribution >= 4 is 40.7 Å². The highest BCUT2D eigenvalue weighted by Gasteiger charge is 2.38. The predicted molar refractivity (Wildman–Crippen MR) is 117 cm³/mol. The Morgan fingerprint density at radius 1 is 0.897 bits per heavy atom. The van der Waals surface area contributed by atoms with Crippen LogP contribution in [-0.2, 0) is 9.59 Å². The SMILES string of the molecule is O=C(C1CC(=O)N(c2ccc(Cl)cc2)C1)N1CCCCC(c2ccc(Cl)cc2)C1. The van der Waals surface area contributed by atoms with Gasteiger partial charge in [0.1, 0.15) is 0 Å². The average Bonchev–Trinajstić information content (AvgIpc) is 2.95. The molecule has 2 aliphatic rings. The van der Waals surface area contributed by atoms with Gasteiger partial charge in [-0.25, -0.2) is 0 Å². The summed E-state index contributed by atoms with van der Waals surface area (Å²) in [6, 6.07) is 15.1. The molecule has 0 radical (unpaired) electrons. The Bertz CT molecular complexity index is 883. The molecule has 0 N–H and O–H groups in total. The molecule has 2 fully saturated rings. The Balaban J connectivity index is 1.46. The first-order valence-electron chi connectivity index (χ1n) is 10.1. The van der Waals surface area contributed by atoms with Crippen molar-refractivity contribution in [2.24, 2.45) is 5.92 Å². The first-order valence-corrected chi connectivity index (χ1v) is 10.9. The van der Waals surface area contributed by atoms with Crippen molar-refractivity contribution in [2.75, 3.05) is 24.5 Å². The van der Waals surface area contributed by atoms with Gasteiger partial charge in [0.05, 0.1) is 5.92 Å². The maximum Gasteiger partial charge on any atom is 0.228 e. The number of rotatable bonds is 3. The molecule has 2 saturated heterocycles. The summed E-state index contributed by atoms with van der Waals surface area (Å²) in [4.78, 5) is 29.5. The largest absolute Gasteiger partial charge is 0.342 e. The van der Waals surface area contributed by atoms with Crippen molar-refractivity contribution in [1.29, 1.82) is 0 Å². The number of carbonyl (C=O) groups is 2. The minimum absolute atomic E-state index is 0.00487. The normalized spacial score (nSPS) is 22.6. The number of amides is 2. The molecule has 29 heavy (non-hydrogen) atoms. The maximum atomic E-state index is 13.3. The minimum atomic E-state index is -0.290. The van der Waals surface area contributed by atoms with Crippen molar-refractivity contribution in [1.82, 2.24) is 4.90 Å². The number of nitrogens with zero attached hydrogens (tertiary/aromatic N) is 2. The predicted octanol–water partition coefficient (Wildman–Crippen LogP) is 5.14. The van der Waals surface area contributed by atoms with Gasteiger partial charge < -0.3 is 9.80 Å². The number of halogens is 2. The molecule has 0 bridgehead atoms. The number of benzene rings is 2. The van der Waals surface area contributed by atoms with Crippen LogP contribution in [0.1, 0.15) is 37.2 Å². The van der Waals surface area contributed by atoms with Gasteiger partial charge in [-0.05, 0) is 54.8 Å². The van der Waals surface area contributed by atoms with Gasteiger partial charge in [-0.15, -0.1) is 0 Å². The Morgan fingerprint density at radius 3 is 2.24 bits per heavy atom. The second-order valence-electron chi connectivity index (χ2n) is 7.91. The van der Waals surface area contributed by atoms with Crippen molar-refractivity contribution in [3.63, 3.8) is 0 Å². The molecule has 0 aliphatic carbocycles. The maximum absolute atomic E-state index is 13.3. The summed E-state index contributed by atoms with van der Waals surface area (Å²) in [6.45, 7) is 1.89. The zero-order valence-corrected chi connectivity index (χ0v) is 17.7. The van der Waals surface area contributed by atoms with Crippen LogP contribution in [-0.4, -0.2) is 36.3 Å². The summed E-state index contributed by atoms with van der Waals surface area (Å²) in [5.41, 5.74) is 2.02. The minimum Gasteiger partial charge on any atom is -0.342 e. The Hall–Kier alpha value is -2.04. The lowest BCUT2D eigenvalue weighted by Crippen LogP contribution is -2.39. The molecule has 2 atom stereocenters. The van der Waals surface area contributed by atoms with Gasteiger partial charge in [-0.3, -0.25) is 9.59 Å². The van der Waals surface area contributed by atoms with E-state index in [9.17, 15) is 9.59 Å². The fourth-order valence-electron chi connectivity index (χ4n) is 4.35. The van der Waals surface area contributed by atoms with Gasteiger partial charge in [-0.2, -0.15) is 0 Å². The van der Waals surface area contributed by atoms with E-state index in [0.717, 1.165) is 36.5 Å². The Kier molecular flexibility index (Phi) is 6.12. The smallest absolute Gasteiger partial charge is 0.228 e. The zero-order valence-electron chi connectivity index (χ0n) is 16.2. The second-order valence-corrected chi connectivity index (χ2v) is 8.78. The van der Waals surface area contributed by atoms with Crippen molar-refractivity contribution in [2.45, 2.75) is 31.6 Å². The van der Waals surface area contributed by atoms with E-state index in [-0.39, 0.29) is 24.2 Å². The van der Waals surface area contributed by atoms with Crippen LogP contribution in [0.3, 0.4) is 0 Å². The number of likely N-dealkylation sites (tertiary alicyclic amines) is 1. The molecule has 4 nitrogen and oxygen atoms in total. The summed E-state index contributed by atoms with van der Waals surface area (Å²) < 4.78 is 0. The Morgan fingerprint density at radius 2 is 1.55 bits per heavy atom. The van der Waals surface area contributed by atoms with Crippen LogP contribution in [0, 0.1) is 5.92 Å². The van der Waals surface area contributed by atoms with E-state index >= 15 is 0 Å². The molecule has 2 heterocycles. The molecule has 0 aromatic heterocycles. The second kappa shape index (κ2) is 8.76. The highest BCUT2D eigenvalue weighted by molar-refractivity contribution is 6.30. The van der Waals surface area contributed by atoms with E-state index in [1.165, 1.54) is 5.56 Å². The van der Waals surface area contributed by atoms with E-state index < -0.39 is 0 Å². The average molecular weight is 431 g/mol. The van der Waals surface area contributed by atoms with Crippen LogP contribution in [0.25, 0.3) is 0 Å². The van der Waals surface area contributed by atoms with Crippen LogP contribution < -0.4 is 4.90 Å². The molecule has 0 saturated carbocycles. The molecule has 4 rings (SSSR count). The third-order valence-electron chi connectivity index (χ3n) is 5.94. The third kappa shape index (κ3) is 4.59. The monoisotopic (exact) mass is 430 g/mol. The lowest BCUT2D eigenvalue weighted by Gasteiger charge is -2.27. The van der Waals surface area contributed by atoms with Crippen LogP contribution in [0.4, 0.5) is 5.69 Å². The van der Waals surface area contributed by atoms with E-state index in [0.29, 0.717) is 24.0 Å². The topological polar surface area (TPSA) is 40.6 Å². The van der Waals surface area contributed by atoms with Crippen LogP contribution in [0.2, 0.25) is 10.0 Å². The van der Waals surface area contributed by atoms with Gasteiger partial charge in [0.15, 0.2) is 0 Å². The molecule has 152 valence electrons. The summed E-state index contributed by atoms with van der Waals surface area (Å²) in [5.74, 6) is 0.107. The first-order chi connectivity index (χ1) is 14.0. The zero-order chi connectivity index (χ0) is 20.4. The lowest BCUT2D eigenvalue weighted by atomic mass is 9.94. The molecule has 6 heteroatoms. The summed E-state index contributed by atoms with van der Waals surface area (Å²) in [5, 5.41) is 1.35. The molecule has 2 aliphatic heterocycles. The highest BCUT2D eigenvalue weighted by Crippen LogP contribution is 2.31.